The van der Waals surface area contributed by atoms with Gasteiger partial charge in [0.2, 0.25) is 5.91 Å². The molecule has 1 aliphatic heterocycles. The Morgan fingerprint density at radius 2 is 1.81 bits per heavy atom. The van der Waals surface area contributed by atoms with E-state index in [2.05, 4.69) is 5.32 Å². The van der Waals surface area contributed by atoms with Crippen LogP contribution in [0, 0.1) is 0 Å². The second-order valence-electron chi connectivity index (χ2n) is 8.76. The Hall–Kier alpha value is -3.28. The first-order valence-corrected chi connectivity index (χ1v) is 11.0. The van der Waals surface area contributed by atoms with E-state index in [1.54, 1.807) is 17.2 Å². The fraction of sp³-hybridized carbons (Fsp3) is 0.360. The maximum atomic E-state index is 13.6. The highest BCUT2D eigenvalue weighted by Gasteiger charge is 2.48. The van der Waals surface area contributed by atoms with Gasteiger partial charge < -0.3 is 19.2 Å². The quantitative estimate of drug-likeness (QED) is 0.676. The summed E-state index contributed by atoms with van der Waals surface area (Å²) >= 11 is 0. The summed E-state index contributed by atoms with van der Waals surface area (Å²) in [5.41, 5.74) is 1.54. The van der Waals surface area contributed by atoms with Crippen LogP contribution in [0.5, 0.6) is 0 Å². The molecule has 2 aromatic heterocycles. The standard InChI is InChI=1S/C25H27N3O3/c1-25(24(30)26-19-10-5-6-11-19)17-27-21(18-8-3-2-4-9-18)13-14-22(27)23(29)28(25)16-20-12-7-15-31-20/h2-4,7-9,12-15,19H,5-6,10-11,16-17H2,1H3,(H,26,30). The molecule has 1 saturated carbocycles. The number of hydrogen-bond donors (Lipinski definition) is 1. The molecule has 6 heteroatoms. The molecule has 6 nitrogen and oxygen atoms in total. The van der Waals surface area contributed by atoms with Crippen LogP contribution in [0.2, 0.25) is 0 Å². The third-order valence-corrected chi connectivity index (χ3v) is 6.65. The molecule has 1 atom stereocenters. The maximum absolute atomic E-state index is 13.6. The summed E-state index contributed by atoms with van der Waals surface area (Å²) in [6.07, 6.45) is 5.86. The van der Waals surface area contributed by atoms with Crippen LogP contribution in [-0.4, -0.2) is 32.9 Å². The van der Waals surface area contributed by atoms with E-state index in [1.165, 1.54) is 0 Å². The van der Waals surface area contributed by atoms with Gasteiger partial charge in [0.1, 0.15) is 17.0 Å². The molecule has 2 aliphatic rings. The second kappa shape index (κ2) is 7.76. The van der Waals surface area contributed by atoms with Gasteiger partial charge in [-0.2, -0.15) is 0 Å². The smallest absolute Gasteiger partial charge is 0.271 e. The van der Waals surface area contributed by atoms with Gasteiger partial charge in [0, 0.05) is 11.7 Å². The van der Waals surface area contributed by atoms with Gasteiger partial charge in [0.15, 0.2) is 0 Å². The molecule has 3 aromatic rings. The van der Waals surface area contributed by atoms with E-state index in [-0.39, 0.29) is 24.4 Å². The topological polar surface area (TPSA) is 67.5 Å². The molecule has 1 aliphatic carbocycles. The Balaban J connectivity index is 1.55. The molecule has 0 saturated heterocycles. The highest BCUT2D eigenvalue weighted by molar-refractivity contribution is 6.00. The second-order valence-corrected chi connectivity index (χ2v) is 8.76. The van der Waals surface area contributed by atoms with Crippen LogP contribution in [0.15, 0.2) is 65.3 Å². The number of nitrogens with zero attached hydrogens (tertiary/aromatic N) is 2. The van der Waals surface area contributed by atoms with Crippen molar-refractivity contribution in [3.05, 3.63) is 72.3 Å². The molecular formula is C25H27N3O3. The lowest BCUT2D eigenvalue weighted by molar-refractivity contribution is -0.134. The highest BCUT2D eigenvalue weighted by Crippen LogP contribution is 2.34. The minimum Gasteiger partial charge on any atom is -0.467 e. The molecule has 5 rings (SSSR count). The summed E-state index contributed by atoms with van der Waals surface area (Å²) in [4.78, 5) is 28.9. The zero-order chi connectivity index (χ0) is 21.4. The van der Waals surface area contributed by atoms with E-state index < -0.39 is 5.54 Å². The van der Waals surface area contributed by atoms with Crippen LogP contribution in [0.4, 0.5) is 0 Å². The molecular weight excluding hydrogens is 390 g/mol. The van der Waals surface area contributed by atoms with Crippen molar-refractivity contribution in [3.8, 4) is 11.3 Å². The average molecular weight is 418 g/mol. The van der Waals surface area contributed by atoms with Crippen molar-refractivity contribution in [2.24, 2.45) is 0 Å². The van der Waals surface area contributed by atoms with Gasteiger partial charge in [0.05, 0.1) is 19.4 Å². The number of furan rings is 1. The molecule has 3 heterocycles. The van der Waals surface area contributed by atoms with Crippen molar-refractivity contribution in [3.63, 3.8) is 0 Å². The Morgan fingerprint density at radius 1 is 1.06 bits per heavy atom. The van der Waals surface area contributed by atoms with Crippen LogP contribution in [0.3, 0.4) is 0 Å². The number of aromatic nitrogens is 1. The van der Waals surface area contributed by atoms with Gasteiger partial charge in [-0.05, 0) is 49.6 Å². The number of amides is 2. The van der Waals surface area contributed by atoms with Crippen molar-refractivity contribution in [1.82, 2.24) is 14.8 Å². The van der Waals surface area contributed by atoms with Crippen LogP contribution in [-0.2, 0) is 17.9 Å². The van der Waals surface area contributed by atoms with Crippen molar-refractivity contribution in [1.29, 1.82) is 0 Å². The lowest BCUT2D eigenvalue weighted by Crippen LogP contribution is -2.64. The lowest BCUT2D eigenvalue weighted by Gasteiger charge is -2.44. The first-order valence-electron chi connectivity index (χ1n) is 11.0. The number of rotatable bonds is 5. The summed E-state index contributed by atoms with van der Waals surface area (Å²) in [6, 6.07) is 17.6. The van der Waals surface area contributed by atoms with E-state index in [0.717, 1.165) is 36.9 Å². The maximum Gasteiger partial charge on any atom is 0.271 e. The molecule has 1 unspecified atom stereocenters. The van der Waals surface area contributed by atoms with Crippen LogP contribution >= 0.6 is 0 Å². The third kappa shape index (κ3) is 3.46. The van der Waals surface area contributed by atoms with E-state index in [4.69, 9.17) is 4.42 Å². The van der Waals surface area contributed by atoms with E-state index in [9.17, 15) is 9.59 Å². The Morgan fingerprint density at radius 3 is 2.52 bits per heavy atom. The van der Waals surface area contributed by atoms with Gasteiger partial charge in [-0.3, -0.25) is 9.59 Å². The Labute approximate surface area is 181 Å². The zero-order valence-electron chi connectivity index (χ0n) is 17.7. The van der Waals surface area contributed by atoms with Gasteiger partial charge in [0.25, 0.3) is 5.91 Å². The van der Waals surface area contributed by atoms with Crippen LogP contribution < -0.4 is 5.32 Å². The van der Waals surface area contributed by atoms with Crippen LogP contribution in [0.1, 0.15) is 48.9 Å². The number of carbonyl (C=O) groups is 2. The molecule has 160 valence electrons. The highest BCUT2D eigenvalue weighted by atomic mass is 16.3. The van der Waals surface area contributed by atoms with Crippen molar-refractivity contribution < 1.29 is 14.0 Å². The minimum atomic E-state index is -1.03. The molecule has 1 aromatic carbocycles. The van der Waals surface area contributed by atoms with Gasteiger partial charge in [-0.25, -0.2) is 0 Å². The number of fused-ring (bicyclic) bond motifs is 1. The molecule has 0 radical (unpaired) electrons. The Bertz CT molecular complexity index is 1080. The third-order valence-electron chi connectivity index (χ3n) is 6.65. The summed E-state index contributed by atoms with van der Waals surface area (Å²) in [5.74, 6) is 0.406. The van der Waals surface area contributed by atoms with Gasteiger partial charge in [-0.15, -0.1) is 0 Å². The zero-order valence-corrected chi connectivity index (χ0v) is 17.7. The number of benzene rings is 1. The summed E-state index contributed by atoms with van der Waals surface area (Å²) in [6.45, 7) is 2.52. The fourth-order valence-electron chi connectivity index (χ4n) is 4.85. The van der Waals surface area contributed by atoms with E-state index in [0.29, 0.717) is 18.0 Å². The van der Waals surface area contributed by atoms with Crippen molar-refractivity contribution >= 4 is 11.8 Å². The molecule has 0 spiro atoms. The van der Waals surface area contributed by atoms with Crippen molar-refractivity contribution in [2.45, 2.75) is 57.3 Å². The largest absolute Gasteiger partial charge is 0.467 e. The fourth-order valence-corrected chi connectivity index (χ4v) is 4.85. The van der Waals surface area contributed by atoms with Gasteiger partial charge in [-0.1, -0.05) is 43.2 Å². The summed E-state index contributed by atoms with van der Waals surface area (Å²) in [7, 11) is 0. The molecule has 2 amide bonds. The van der Waals surface area contributed by atoms with E-state index in [1.807, 2.05) is 60.0 Å². The minimum absolute atomic E-state index is 0.0994. The van der Waals surface area contributed by atoms with Gasteiger partial charge >= 0.3 is 0 Å². The summed E-state index contributed by atoms with van der Waals surface area (Å²) in [5, 5.41) is 3.22. The monoisotopic (exact) mass is 417 g/mol. The SMILES string of the molecule is CC1(C(=O)NC2CCCC2)Cn2c(ccc2-c2ccccc2)C(=O)N1Cc1ccco1. The number of hydrogen-bond acceptors (Lipinski definition) is 3. The predicted molar refractivity (Wildman–Crippen MR) is 117 cm³/mol. The predicted octanol–water partition coefficient (Wildman–Crippen LogP) is 4.22. The van der Waals surface area contributed by atoms with E-state index >= 15 is 0 Å². The number of nitrogens with one attached hydrogen (secondary N) is 1. The van der Waals surface area contributed by atoms with Crippen molar-refractivity contribution in [2.75, 3.05) is 0 Å². The molecule has 0 bridgehead atoms. The Kier molecular flexibility index (Phi) is 4.93. The first-order chi connectivity index (χ1) is 15.1. The molecule has 31 heavy (non-hydrogen) atoms. The first kappa shape index (κ1) is 19.7. The van der Waals surface area contributed by atoms with Crippen LogP contribution in [0.25, 0.3) is 11.3 Å². The average Bonchev–Trinajstić information content (AvgIpc) is 3.54. The number of carbonyl (C=O) groups excluding carboxylic acids is 2. The normalized spacial score (nSPS) is 21.3. The summed E-state index contributed by atoms with van der Waals surface area (Å²) < 4.78 is 7.51. The lowest BCUT2D eigenvalue weighted by atomic mass is 9.93. The molecule has 1 N–H and O–H groups in total. The molecule has 1 fully saturated rings.